The Morgan fingerprint density at radius 2 is 1.95 bits per heavy atom. The molecule has 1 aliphatic heterocycles. The molecule has 0 saturated carbocycles. The van der Waals surface area contributed by atoms with Gasteiger partial charge >= 0.3 is 0 Å². The van der Waals surface area contributed by atoms with E-state index in [1.165, 1.54) is 23.6 Å². The lowest BCUT2D eigenvalue weighted by atomic mass is 9.98. The Labute approximate surface area is 250 Å². The minimum absolute atomic E-state index is 0.102. The molecular weight excluding hydrogens is 538 g/mol. The van der Waals surface area contributed by atoms with Crippen LogP contribution in [0.2, 0.25) is 0 Å². The molecule has 216 valence electrons. The first-order valence-corrected chi connectivity index (χ1v) is 14.3. The van der Waals surface area contributed by atoms with Crippen molar-refractivity contribution in [3.05, 3.63) is 90.9 Å². The number of anilines is 1. The van der Waals surface area contributed by atoms with Crippen LogP contribution < -0.4 is 11.5 Å². The number of piperidine rings is 1. The molecule has 5 aromatic rings. The molecule has 5 heterocycles. The number of nitrogen functional groups attached to an aromatic ring is 1. The fourth-order valence-electron chi connectivity index (χ4n) is 5.74. The summed E-state index contributed by atoms with van der Waals surface area (Å²) in [5, 5.41) is 4.32. The SMILES string of the molecule is C#CC1CC(N)CCN1C(=O)C=C.Nc1ncccc1-c1nc2ccc(-n3cccn3)nc2n1-c1ccc2c(c1)CCC2. The summed E-state index contributed by atoms with van der Waals surface area (Å²) in [5.41, 5.74) is 18.2. The molecule has 0 radical (unpaired) electrons. The molecule has 10 nitrogen and oxygen atoms in total. The lowest BCUT2D eigenvalue weighted by molar-refractivity contribution is -0.128. The zero-order valence-electron chi connectivity index (χ0n) is 23.8. The van der Waals surface area contributed by atoms with Crippen molar-refractivity contribution in [2.24, 2.45) is 5.73 Å². The van der Waals surface area contributed by atoms with Gasteiger partial charge in [0.05, 0.1) is 11.6 Å². The second-order valence-corrected chi connectivity index (χ2v) is 10.7. The van der Waals surface area contributed by atoms with Crippen LogP contribution >= 0.6 is 0 Å². The Balaban J connectivity index is 0.000000214. The third kappa shape index (κ3) is 5.50. The van der Waals surface area contributed by atoms with Crippen molar-refractivity contribution in [3.63, 3.8) is 0 Å². The quantitative estimate of drug-likeness (QED) is 0.247. The standard InChI is InChI=1S/C23H19N7.C10H14N2O/c24-21-18(6-2-11-25-21)22-27-19-9-10-20(29-13-3-12-26-29)28-23(19)30(22)17-8-7-15-4-1-5-16(15)14-17;1-3-9-7-8(11)5-6-12(9)10(13)4-2/h2-3,6-14H,1,4-5H2,(H2,24,25);1,4,8-9H,2,5-7,11H2. The van der Waals surface area contributed by atoms with Gasteiger partial charge in [-0.25, -0.2) is 19.6 Å². The van der Waals surface area contributed by atoms with Crippen LogP contribution in [-0.2, 0) is 17.6 Å². The maximum absolute atomic E-state index is 11.3. The lowest BCUT2D eigenvalue weighted by Crippen LogP contribution is -2.48. The number of rotatable bonds is 4. The minimum Gasteiger partial charge on any atom is -0.383 e. The largest absolute Gasteiger partial charge is 0.383 e. The van der Waals surface area contributed by atoms with Crippen LogP contribution in [0.5, 0.6) is 0 Å². The van der Waals surface area contributed by atoms with E-state index < -0.39 is 0 Å². The summed E-state index contributed by atoms with van der Waals surface area (Å²) in [7, 11) is 0. The third-order valence-corrected chi connectivity index (χ3v) is 7.94. The molecule has 7 rings (SSSR count). The Morgan fingerprint density at radius 1 is 1.09 bits per heavy atom. The molecule has 4 N–H and O–H groups in total. The number of likely N-dealkylation sites (tertiary alicyclic amines) is 1. The number of amides is 1. The second-order valence-electron chi connectivity index (χ2n) is 10.7. The monoisotopic (exact) mass is 571 g/mol. The van der Waals surface area contributed by atoms with Crippen molar-refractivity contribution < 1.29 is 4.79 Å². The van der Waals surface area contributed by atoms with Gasteiger partial charge in [0.1, 0.15) is 11.3 Å². The summed E-state index contributed by atoms with van der Waals surface area (Å²) in [6.45, 7) is 4.07. The number of nitrogens with zero attached hydrogens (tertiary/aromatic N) is 7. The summed E-state index contributed by atoms with van der Waals surface area (Å²) in [6.07, 6.45) is 16.9. The van der Waals surface area contributed by atoms with E-state index in [0.717, 1.165) is 53.3 Å². The molecular formula is C33H33N9O. The first kappa shape index (κ1) is 27.9. The van der Waals surface area contributed by atoms with E-state index >= 15 is 0 Å². The van der Waals surface area contributed by atoms with Gasteiger partial charge in [0.15, 0.2) is 17.3 Å². The van der Waals surface area contributed by atoms with Gasteiger partial charge in [0.2, 0.25) is 5.91 Å². The maximum Gasteiger partial charge on any atom is 0.246 e. The average Bonchev–Trinajstić information content (AvgIpc) is 3.80. The fraction of sp³-hybridized carbons (Fsp3) is 0.242. The average molecular weight is 572 g/mol. The number of hydrogen-bond acceptors (Lipinski definition) is 7. The number of hydrogen-bond donors (Lipinski definition) is 2. The third-order valence-electron chi connectivity index (χ3n) is 7.94. The van der Waals surface area contributed by atoms with Crippen LogP contribution in [0.25, 0.3) is 34.1 Å². The molecule has 0 spiro atoms. The maximum atomic E-state index is 11.3. The Hall–Kier alpha value is -5.27. The van der Waals surface area contributed by atoms with Gasteiger partial charge in [-0.2, -0.15) is 5.10 Å². The van der Waals surface area contributed by atoms with Gasteiger partial charge < -0.3 is 16.4 Å². The highest BCUT2D eigenvalue weighted by molar-refractivity contribution is 5.87. The molecule has 1 aliphatic carbocycles. The Bertz CT molecular complexity index is 1830. The summed E-state index contributed by atoms with van der Waals surface area (Å²) in [4.78, 5) is 27.0. The van der Waals surface area contributed by atoms with Crippen LogP contribution in [0.3, 0.4) is 0 Å². The van der Waals surface area contributed by atoms with Crippen molar-refractivity contribution >= 4 is 22.9 Å². The van der Waals surface area contributed by atoms with Crippen LogP contribution in [0.15, 0.2) is 79.8 Å². The number of carbonyl (C=O) groups excluding carboxylic acids is 1. The number of fused-ring (bicyclic) bond motifs is 2. The molecule has 2 atom stereocenters. The number of benzene rings is 1. The molecule has 1 amide bonds. The van der Waals surface area contributed by atoms with Crippen molar-refractivity contribution in [2.75, 3.05) is 12.3 Å². The van der Waals surface area contributed by atoms with E-state index in [2.05, 4.69) is 45.3 Å². The molecule has 10 heteroatoms. The number of terminal acetylenes is 1. The number of aromatic nitrogens is 6. The molecule has 4 aromatic heterocycles. The van der Waals surface area contributed by atoms with Gasteiger partial charge in [-0.05, 0) is 91.8 Å². The second kappa shape index (κ2) is 11.9. The number of imidazole rings is 1. The molecule has 2 unspecified atom stereocenters. The highest BCUT2D eigenvalue weighted by Gasteiger charge is 2.27. The van der Waals surface area contributed by atoms with E-state index in [1.54, 1.807) is 22.0 Å². The van der Waals surface area contributed by atoms with Gasteiger partial charge in [-0.15, -0.1) is 6.42 Å². The first-order chi connectivity index (χ1) is 21.0. The van der Waals surface area contributed by atoms with Crippen LogP contribution in [0.1, 0.15) is 30.4 Å². The predicted molar refractivity (Wildman–Crippen MR) is 167 cm³/mol. The topological polar surface area (TPSA) is 134 Å². The number of carbonyl (C=O) groups is 1. The van der Waals surface area contributed by atoms with Gasteiger partial charge in [0, 0.05) is 36.9 Å². The molecule has 1 fully saturated rings. The summed E-state index contributed by atoms with van der Waals surface area (Å²) >= 11 is 0. The lowest BCUT2D eigenvalue weighted by Gasteiger charge is -2.34. The van der Waals surface area contributed by atoms with E-state index in [1.807, 2.05) is 36.5 Å². The highest BCUT2D eigenvalue weighted by atomic mass is 16.2. The van der Waals surface area contributed by atoms with E-state index in [0.29, 0.717) is 18.8 Å². The van der Waals surface area contributed by atoms with Crippen LogP contribution in [0, 0.1) is 12.3 Å². The number of aryl methyl sites for hydroxylation is 2. The normalized spacial score (nSPS) is 17.5. The molecule has 0 bridgehead atoms. The van der Waals surface area contributed by atoms with E-state index in [9.17, 15) is 4.79 Å². The predicted octanol–water partition coefficient (Wildman–Crippen LogP) is 3.86. The van der Waals surface area contributed by atoms with Crippen molar-refractivity contribution in [2.45, 2.75) is 44.2 Å². The summed E-state index contributed by atoms with van der Waals surface area (Å²) in [6, 6.07) is 16.2. The molecule has 1 aromatic carbocycles. The minimum atomic E-state index is -0.158. The first-order valence-electron chi connectivity index (χ1n) is 14.3. The zero-order chi connectivity index (χ0) is 29.9. The Morgan fingerprint density at radius 3 is 2.72 bits per heavy atom. The Kier molecular flexibility index (Phi) is 7.73. The molecule has 1 saturated heterocycles. The summed E-state index contributed by atoms with van der Waals surface area (Å²) < 4.78 is 3.83. The van der Waals surface area contributed by atoms with Crippen molar-refractivity contribution in [1.29, 1.82) is 0 Å². The zero-order valence-corrected chi connectivity index (χ0v) is 23.8. The van der Waals surface area contributed by atoms with Gasteiger partial charge in [-0.3, -0.25) is 9.36 Å². The van der Waals surface area contributed by atoms with Crippen molar-refractivity contribution in [1.82, 2.24) is 34.2 Å². The van der Waals surface area contributed by atoms with E-state index in [4.69, 9.17) is 27.9 Å². The van der Waals surface area contributed by atoms with Gasteiger partial charge in [-0.1, -0.05) is 18.6 Å². The van der Waals surface area contributed by atoms with Gasteiger partial charge in [0.25, 0.3) is 0 Å². The molecule has 43 heavy (non-hydrogen) atoms. The number of nitrogens with two attached hydrogens (primary N) is 2. The smallest absolute Gasteiger partial charge is 0.246 e. The van der Waals surface area contributed by atoms with Crippen LogP contribution in [0.4, 0.5) is 5.82 Å². The highest BCUT2D eigenvalue weighted by Crippen LogP contribution is 2.32. The molecule has 2 aliphatic rings. The number of pyridine rings is 2. The van der Waals surface area contributed by atoms with Crippen LogP contribution in [-0.4, -0.2) is 58.7 Å². The fourth-order valence-corrected chi connectivity index (χ4v) is 5.74. The summed E-state index contributed by atoms with van der Waals surface area (Å²) in [5.74, 6) is 4.39. The van der Waals surface area contributed by atoms with Crippen molar-refractivity contribution in [3.8, 4) is 35.2 Å². The van der Waals surface area contributed by atoms with E-state index in [-0.39, 0.29) is 18.0 Å².